The van der Waals surface area contributed by atoms with Crippen LogP contribution in [0.15, 0.2) is 0 Å². The molecule has 0 aromatic carbocycles. The van der Waals surface area contributed by atoms with Crippen LogP contribution < -0.4 is 0 Å². The summed E-state index contributed by atoms with van der Waals surface area (Å²) < 4.78 is 0. The van der Waals surface area contributed by atoms with Crippen molar-refractivity contribution in [3.8, 4) is 0 Å². The molecule has 0 aromatic rings. The van der Waals surface area contributed by atoms with Crippen molar-refractivity contribution in [1.82, 2.24) is 0 Å². The molecular weight excluding hydrogens is 144 g/mol. The van der Waals surface area contributed by atoms with Gasteiger partial charge in [-0.1, -0.05) is 33.6 Å². The Bertz CT molecular complexity index is 143. The fraction of sp³-hybridized carbons (Fsp3) is 1.00. The van der Waals surface area contributed by atoms with E-state index in [4.69, 9.17) is 0 Å². The summed E-state index contributed by atoms with van der Waals surface area (Å²) in [5.74, 6) is 5.17. The van der Waals surface area contributed by atoms with Gasteiger partial charge in [0, 0.05) is 0 Å². The lowest BCUT2D eigenvalue weighted by Crippen LogP contribution is -2.19. The molecule has 4 unspecified atom stereocenters. The fourth-order valence-corrected chi connectivity index (χ4v) is 3.75. The van der Waals surface area contributed by atoms with Gasteiger partial charge in [-0.2, -0.15) is 0 Å². The Morgan fingerprint density at radius 3 is 1.50 bits per heavy atom. The van der Waals surface area contributed by atoms with Crippen molar-refractivity contribution >= 4 is 0 Å². The van der Waals surface area contributed by atoms with E-state index >= 15 is 0 Å². The van der Waals surface area contributed by atoms with Crippen molar-refractivity contribution in [2.75, 3.05) is 0 Å². The van der Waals surface area contributed by atoms with Crippen molar-refractivity contribution in [1.29, 1.82) is 0 Å². The zero-order chi connectivity index (χ0) is 8.72. The highest BCUT2D eigenvalue weighted by Gasteiger charge is 2.44. The summed E-state index contributed by atoms with van der Waals surface area (Å²) in [6, 6.07) is 0. The quantitative estimate of drug-likeness (QED) is 0.514. The van der Waals surface area contributed by atoms with Crippen LogP contribution in [0.25, 0.3) is 0 Å². The number of rotatable bonds is 0. The maximum absolute atomic E-state index is 2.48. The van der Waals surface area contributed by atoms with Gasteiger partial charge >= 0.3 is 0 Å². The van der Waals surface area contributed by atoms with Gasteiger partial charge in [-0.15, -0.1) is 0 Å². The first kappa shape index (κ1) is 8.59. The zero-order valence-corrected chi connectivity index (χ0v) is 8.72. The summed E-state index contributed by atoms with van der Waals surface area (Å²) in [6.45, 7) is 7.43. The van der Waals surface area contributed by atoms with Crippen LogP contribution in [0.4, 0.5) is 0 Å². The van der Waals surface area contributed by atoms with Gasteiger partial charge < -0.3 is 0 Å². The molecule has 0 saturated heterocycles. The average Bonchev–Trinajstić information content (AvgIpc) is 2.33. The van der Waals surface area contributed by atoms with Gasteiger partial charge in [-0.05, 0) is 42.4 Å². The molecule has 0 heteroatoms. The third kappa shape index (κ3) is 1.11. The predicted octanol–water partition coefficient (Wildman–Crippen LogP) is 3.71. The van der Waals surface area contributed by atoms with E-state index in [-0.39, 0.29) is 0 Å². The van der Waals surface area contributed by atoms with Gasteiger partial charge in [0.25, 0.3) is 0 Å². The number of fused-ring (bicyclic) bond motifs is 1. The van der Waals surface area contributed by atoms with Crippen LogP contribution >= 0.6 is 0 Å². The third-order valence-electron chi connectivity index (χ3n) is 4.88. The van der Waals surface area contributed by atoms with Crippen molar-refractivity contribution in [3.05, 3.63) is 0 Å². The molecule has 2 fully saturated rings. The van der Waals surface area contributed by atoms with Crippen molar-refractivity contribution in [2.45, 2.75) is 46.5 Å². The van der Waals surface area contributed by atoms with Gasteiger partial charge in [0.15, 0.2) is 0 Å². The maximum atomic E-state index is 2.48. The Balaban J connectivity index is 2.14. The largest absolute Gasteiger partial charge is 0.0620 e. The monoisotopic (exact) mass is 166 g/mol. The molecule has 12 heavy (non-hydrogen) atoms. The molecule has 0 aromatic heterocycles. The summed E-state index contributed by atoms with van der Waals surface area (Å²) in [4.78, 5) is 0. The van der Waals surface area contributed by atoms with E-state index in [1.54, 1.807) is 0 Å². The summed E-state index contributed by atoms with van der Waals surface area (Å²) in [7, 11) is 0. The predicted molar refractivity (Wildman–Crippen MR) is 52.9 cm³/mol. The van der Waals surface area contributed by atoms with Crippen LogP contribution in [-0.2, 0) is 0 Å². The van der Waals surface area contributed by atoms with Gasteiger partial charge in [0.2, 0.25) is 0 Å². The van der Waals surface area contributed by atoms with Crippen molar-refractivity contribution in [3.63, 3.8) is 0 Å². The molecule has 0 N–H and O–H groups in total. The van der Waals surface area contributed by atoms with E-state index in [0.717, 1.165) is 29.6 Å². The molecular formula is C12H22. The van der Waals surface area contributed by atoms with Crippen LogP contribution in [-0.4, -0.2) is 0 Å². The number of hydrogen-bond acceptors (Lipinski definition) is 0. The molecule has 0 amide bonds. The Labute approximate surface area is 76.7 Å². The van der Waals surface area contributed by atoms with E-state index in [1.807, 2.05) is 0 Å². The van der Waals surface area contributed by atoms with Gasteiger partial charge in [0.1, 0.15) is 0 Å². The van der Waals surface area contributed by atoms with E-state index in [1.165, 1.54) is 25.7 Å². The first-order valence-corrected chi connectivity index (χ1v) is 5.72. The summed E-state index contributed by atoms with van der Waals surface area (Å²) in [5.41, 5.74) is 0. The first-order valence-electron chi connectivity index (χ1n) is 5.72. The molecule has 0 radical (unpaired) electrons. The molecule has 70 valence electrons. The molecule has 2 saturated carbocycles. The summed E-state index contributed by atoms with van der Waals surface area (Å²) in [6.07, 6.45) is 6.07. The average molecular weight is 166 g/mol. The zero-order valence-electron chi connectivity index (χ0n) is 8.72. The van der Waals surface area contributed by atoms with Gasteiger partial charge in [0.05, 0.1) is 0 Å². The van der Waals surface area contributed by atoms with Crippen molar-refractivity contribution in [2.24, 2.45) is 29.6 Å². The minimum Gasteiger partial charge on any atom is -0.0620 e. The maximum Gasteiger partial charge on any atom is -0.0355 e. The molecule has 0 heterocycles. The lowest BCUT2D eigenvalue weighted by molar-refractivity contribution is 0.214. The van der Waals surface area contributed by atoms with Crippen LogP contribution in [0.5, 0.6) is 0 Å². The first-order chi connectivity index (χ1) is 5.72. The highest BCUT2D eigenvalue weighted by atomic mass is 14.5. The second-order valence-electron chi connectivity index (χ2n) is 5.19. The Morgan fingerprint density at radius 2 is 1.08 bits per heavy atom. The highest BCUT2D eigenvalue weighted by Crippen LogP contribution is 2.51. The minimum atomic E-state index is 0.984. The molecule has 0 spiro atoms. The topological polar surface area (TPSA) is 0 Å². The molecule has 2 aliphatic rings. The van der Waals surface area contributed by atoms with Crippen LogP contribution in [0, 0.1) is 29.6 Å². The van der Waals surface area contributed by atoms with Gasteiger partial charge in [-0.3, -0.25) is 0 Å². The van der Waals surface area contributed by atoms with E-state index in [0.29, 0.717) is 0 Å². The van der Waals surface area contributed by atoms with E-state index < -0.39 is 0 Å². The Hall–Kier alpha value is 0. The second kappa shape index (κ2) is 3.05. The summed E-state index contributed by atoms with van der Waals surface area (Å²) >= 11 is 0. The molecule has 2 rings (SSSR count). The van der Waals surface area contributed by atoms with Crippen molar-refractivity contribution < 1.29 is 0 Å². The standard InChI is InChI=1S/C12H22/c1-8-9(2)11-6-4-5-7-12(11)10(8)3/h8-12H,4-7H2,1-3H3. The van der Waals surface area contributed by atoms with Crippen LogP contribution in [0.3, 0.4) is 0 Å². The smallest absolute Gasteiger partial charge is 0.0355 e. The second-order valence-corrected chi connectivity index (χ2v) is 5.19. The minimum absolute atomic E-state index is 0.984. The fourth-order valence-electron chi connectivity index (χ4n) is 3.75. The number of hydrogen-bond donors (Lipinski definition) is 0. The molecule has 0 nitrogen and oxygen atoms in total. The Morgan fingerprint density at radius 1 is 0.667 bits per heavy atom. The molecule has 2 aliphatic carbocycles. The molecule has 0 bridgehead atoms. The lowest BCUT2D eigenvalue weighted by atomic mass is 9.77. The lowest BCUT2D eigenvalue weighted by Gasteiger charge is -2.29. The third-order valence-corrected chi connectivity index (χ3v) is 4.88. The molecule has 4 atom stereocenters. The van der Waals surface area contributed by atoms with Gasteiger partial charge in [-0.25, -0.2) is 0 Å². The summed E-state index contributed by atoms with van der Waals surface area (Å²) in [5, 5.41) is 0. The normalized spacial score (nSPS) is 53.8. The van der Waals surface area contributed by atoms with E-state index in [9.17, 15) is 0 Å². The highest BCUT2D eigenvalue weighted by molar-refractivity contribution is 4.93. The SMILES string of the molecule is CC1C(C)C2CCCCC2C1C. The Kier molecular flexibility index (Phi) is 2.18. The van der Waals surface area contributed by atoms with Crippen LogP contribution in [0.1, 0.15) is 46.5 Å². The van der Waals surface area contributed by atoms with Crippen LogP contribution in [0.2, 0.25) is 0 Å². The van der Waals surface area contributed by atoms with E-state index in [2.05, 4.69) is 20.8 Å². The molecule has 0 aliphatic heterocycles.